The van der Waals surface area contributed by atoms with Gasteiger partial charge < -0.3 is 19.6 Å². The highest BCUT2D eigenvalue weighted by Crippen LogP contribution is 2.26. The minimum atomic E-state index is -0.232. The molecule has 0 aliphatic heterocycles. The molecular weight excluding hydrogens is 273 g/mol. The minimum Gasteiger partial charge on any atom is -0.460 e. The molecule has 0 radical (unpaired) electrons. The molecule has 1 aromatic heterocycles. The quantitative estimate of drug-likeness (QED) is 0.734. The Balaban J connectivity index is 1.88. The Morgan fingerprint density at radius 1 is 1.24 bits per heavy atom. The number of rotatable bonds is 8. The Labute approximate surface area is 123 Å². The monoisotopic (exact) mass is 293 g/mol. The third kappa shape index (κ3) is 4.39. The predicted molar refractivity (Wildman–Crippen MR) is 78.5 cm³/mol. The first kappa shape index (κ1) is 15.7. The Morgan fingerprint density at radius 3 is 2.90 bits per heavy atom. The van der Waals surface area contributed by atoms with Crippen molar-refractivity contribution in [1.29, 1.82) is 0 Å². The van der Waals surface area contributed by atoms with Crippen LogP contribution in [-0.2, 0) is 11.3 Å². The molecule has 114 valence electrons. The fraction of sp³-hybridized carbons (Fsp3) is 0.375. The first-order valence-electron chi connectivity index (χ1n) is 6.96. The summed E-state index contributed by atoms with van der Waals surface area (Å²) in [6, 6.07) is 8.69. The summed E-state index contributed by atoms with van der Waals surface area (Å²) < 4.78 is 24.4. The van der Waals surface area contributed by atoms with E-state index in [0.717, 1.165) is 11.3 Å². The number of furan rings is 1. The van der Waals surface area contributed by atoms with Crippen molar-refractivity contribution in [3.05, 3.63) is 47.5 Å². The molecule has 0 fully saturated rings. The third-order valence-corrected chi connectivity index (χ3v) is 3.15. The van der Waals surface area contributed by atoms with Crippen molar-refractivity contribution in [2.24, 2.45) is 0 Å². The average molecular weight is 293 g/mol. The van der Waals surface area contributed by atoms with Crippen LogP contribution in [0.2, 0.25) is 0 Å². The number of hydrogen-bond acceptors (Lipinski definition) is 4. The molecule has 0 atom stereocenters. The molecule has 0 saturated heterocycles. The van der Waals surface area contributed by atoms with E-state index >= 15 is 0 Å². The van der Waals surface area contributed by atoms with Crippen molar-refractivity contribution in [1.82, 2.24) is 5.32 Å². The summed E-state index contributed by atoms with van der Waals surface area (Å²) in [6.45, 7) is 3.92. The molecule has 0 amide bonds. The summed E-state index contributed by atoms with van der Waals surface area (Å²) in [7, 11) is 0. The van der Waals surface area contributed by atoms with Gasteiger partial charge in [0.25, 0.3) is 0 Å². The standard InChI is InChI=1S/C16H20FNO3/c1-12-14(3-2-4-15(12)17)16-6-5-13(21-16)11-18-7-9-20-10-8-19/h2-6,18-19H,7-11H2,1H3. The van der Waals surface area contributed by atoms with Gasteiger partial charge in [-0.2, -0.15) is 0 Å². The SMILES string of the molecule is Cc1c(F)cccc1-c1ccc(CNCCOCCO)o1. The van der Waals surface area contributed by atoms with Crippen LogP contribution in [0.4, 0.5) is 4.39 Å². The molecule has 21 heavy (non-hydrogen) atoms. The zero-order valence-electron chi connectivity index (χ0n) is 12.1. The molecule has 0 unspecified atom stereocenters. The molecule has 1 aromatic carbocycles. The maximum absolute atomic E-state index is 13.5. The number of aliphatic hydroxyl groups is 1. The van der Waals surface area contributed by atoms with Gasteiger partial charge in [-0.25, -0.2) is 4.39 Å². The molecule has 0 saturated carbocycles. The van der Waals surface area contributed by atoms with Gasteiger partial charge in [0.1, 0.15) is 17.3 Å². The highest BCUT2D eigenvalue weighted by molar-refractivity contribution is 5.62. The molecular formula is C16H20FNO3. The number of ether oxygens (including phenoxy) is 1. The first-order chi connectivity index (χ1) is 10.2. The second-order valence-corrected chi connectivity index (χ2v) is 4.69. The number of nitrogens with one attached hydrogen (secondary N) is 1. The van der Waals surface area contributed by atoms with Crippen LogP contribution in [0.15, 0.2) is 34.7 Å². The third-order valence-electron chi connectivity index (χ3n) is 3.15. The highest BCUT2D eigenvalue weighted by Gasteiger charge is 2.09. The van der Waals surface area contributed by atoms with Crippen LogP contribution in [0.25, 0.3) is 11.3 Å². The van der Waals surface area contributed by atoms with E-state index in [-0.39, 0.29) is 12.4 Å². The van der Waals surface area contributed by atoms with Crippen LogP contribution in [-0.4, -0.2) is 31.5 Å². The van der Waals surface area contributed by atoms with Gasteiger partial charge >= 0.3 is 0 Å². The zero-order valence-corrected chi connectivity index (χ0v) is 12.1. The van der Waals surface area contributed by atoms with Gasteiger partial charge in [0.15, 0.2) is 0 Å². The molecule has 4 nitrogen and oxygen atoms in total. The van der Waals surface area contributed by atoms with Crippen molar-refractivity contribution in [2.45, 2.75) is 13.5 Å². The van der Waals surface area contributed by atoms with Crippen molar-refractivity contribution in [3.8, 4) is 11.3 Å². The summed E-state index contributed by atoms with van der Waals surface area (Å²) in [4.78, 5) is 0. The molecule has 0 aliphatic carbocycles. The van der Waals surface area contributed by atoms with E-state index in [1.165, 1.54) is 6.07 Å². The van der Waals surface area contributed by atoms with E-state index in [2.05, 4.69) is 5.32 Å². The predicted octanol–water partition coefficient (Wildman–Crippen LogP) is 2.49. The van der Waals surface area contributed by atoms with Crippen molar-refractivity contribution >= 4 is 0 Å². The minimum absolute atomic E-state index is 0.0362. The Kier molecular flexibility index (Phi) is 5.92. The smallest absolute Gasteiger partial charge is 0.134 e. The van der Waals surface area contributed by atoms with E-state index in [4.69, 9.17) is 14.3 Å². The average Bonchev–Trinajstić information content (AvgIpc) is 2.94. The summed E-state index contributed by atoms with van der Waals surface area (Å²) in [5.74, 6) is 1.22. The lowest BCUT2D eigenvalue weighted by Crippen LogP contribution is -2.19. The summed E-state index contributed by atoms with van der Waals surface area (Å²) in [6.07, 6.45) is 0. The second kappa shape index (κ2) is 7.93. The summed E-state index contributed by atoms with van der Waals surface area (Å²) in [5, 5.41) is 11.7. The second-order valence-electron chi connectivity index (χ2n) is 4.69. The van der Waals surface area contributed by atoms with E-state index in [1.54, 1.807) is 13.0 Å². The van der Waals surface area contributed by atoms with E-state index in [9.17, 15) is 4.39 Å². The number of benzene rings is 1. The van der Waals surface area contributed by atoms with E-state index in [1.807, 2.05) is 18.2 Å². The van der Waals surface area contributed by atoms with Crippen LogP contribution < -0.4 is 5.32 Å². The maximum atomic E-state index is 13.5. The van der Waals surface area contributed by atoms with Gasteiger partial charge in [0, 0.05) is 12.1 Å². The van der Waals surface area contributed by atoms with Crippen LogP contribution in [0.1, 0.15) is 11.3 Å². The number of hydrogen-bond donors (Lipinski definition) is 2. The summed E-state index contributed by atoms with van der Waals surface area (Å²) >= 11 is 0. The molecule has 2 N–H and O–H groups in total. The lowest BCUT2D eigenvalue weighted by Gasteiger charge is -2.05. The first-order valence-corrected chi connectivity index (χ1v) is 6.96. The van der Waals surface area contributed by atoms with Crippen LogP contribution in [0.3, 0.4) is 0 Å². The summed E-state index contributed by atoms with van der Waals surface area (Å²) in [5.41, 5.74) is 1.36. The lowest BCUT2D eigenvalue weighted by atomic mass is 10.1. The van der Waals surface area contributed by atoms with E-state index < -0.39 is 0 Å². The van der Waals surface area contributed by atoms with Crippen molar-refractivity contribution in [3.63, 3.8) is 0 Å². The Bertz CT molecular complexity index is 568. The van der Waals surface area contributed by atoms with Crippen molar-refractivity contribution < 1.29 is 18.7 Å². The largest absolute Gasteiger partial charge is 0.460 e. The van der Waals surface area contributed by atoms with Gasteiger partial charge in [-0.15, -0.1) is 0 Å². The van der Waals surface area contributed by atoms with Crippen LogP contribution in [0, 0.1) is 12.7 Å². The van der Waals surface area contributed by atoms with Crippen LogP contribution >= 0.6 is 0 Å². The topological polar surface area (TPSA) is 54.6 Å². The Hall–Kier alpha value is -1.69. The fourth-order valence-corrected chi connectivity index (χ4v) is 2.01. The van der Waals surface area contributed by atoms with Gasteiger partial charge in [0.2, 0.25) is 0 Å². The van der Waals surface area contributed by atoms with Gasteiger partial charge in [-0.1, -0.05) is 12.1 Å². The highest BCUT2D eigenvalue weighted by atomic mass is 19.1. The molecule has 1 heterocycles. The lowest BCUT2D eigenvalue weighted by molar-refractivity contribution is 0.0936. The van der Waals surface area contributed by atoms with Gasteiger partial charge in [0.05, 0.1) is 26.4 Å². The number of halogens is 1. The maximum Gasteiger partial charge on any atom is 0.134 e. The van der Waals surface area contributed by atoms with Crippen molar-refractivity contribution in [2.75, 3.05) is 26.4 Å². The Morgan fingerprint density at radius 2 is 2.10 bits per heavy atom. The van der Waals surface area contributed by atoms with E-state index in [0.29, 0.717) is 37.6 Å². The molecule has 0 spiro atoms. The van der Waals surface area contributed by atoms with Gasteiger partial charge in [-0.3, -0.25) is 0 Å². The van der Waals surface area contributed by atoms with Crippen LogP contribution in [0.5, 0.6) is 0 Å². The molecule has 2 rings (SSSR count). The fourth-order valence-electron chi connectivity index (χ4n) is 2.01. The zero-order chi connectivity index (χ0) is 15.1. The molecule has 0 bridgehead atoms. The normalized spacial score (nSPS) is 11.0. The number of aliphatic hydroxyl groups excluding tert-OH is 1. The molecule has 0 aliphatic rings. The molecule has 2 aromatic rings. The molecule has 5 heteroatoms. The van der Waals surface area contributed by atoms with Gasteiger partial charge in [-0.05, 0) is 30.7 Å².